The van der Waals surface area contributed by atoms with Crippen LogP contribution in [-0.4, -0.2) is 33.2 Å². The lowest BCUT2D eigenvalue weighted by molar-refractivity contribution is -0.119. The van der Waals surface area contributed by atoms with Crippen LogP contribution >= 0.6 is 11.6 Å². The molecule has 8 heteroatoms. The van der Waals surface area contributed by atoms with Gasteiger partial charge in [-0.3, -0.25) is 4.79 Å². The first-order chi connectivity index (χ1) is 17.5. The minimum absolute atomic E-state index is 0.282. The predicted octanol–water partition coefficient (Wildman–Crippen LogP) is 5.84. The third kappa shape index (κ3) is 4.69. The Kier molecular flexibility index (Phi) is 6.47. The van der Waals surface area contributed by atoms with Crippen molar-refractivity contribution in [2.75, 3.05) is 11.9 Å². The highest BCUT2D eigenvalue weighted by molar-refractivity contribution is 6.33. The van der Waals surface area contributed by atoms with Crippen LogP contribution < -0.4 is 5.32 Å². The van der Waals surface area contributed by atoms with Gasteiger partial charge in [0.2, 0.25) is 0 Å². The Morgan fingerprint density at radius 3 is 2.33 bits per heavy atom. The molecular weight excluding hydrogens is 476 g/mol. The SMILES string of the molecule is Cc1nn(-c2ccccc2)c2nc(-c3ccccc3)cc(C(=O)OCC(=O)Nc3ccccc3Cl)c12. The van der Waals surface area contributed by atoms with E-state index in [1.54, 1.807) is 35.0 Å². The third-order valence-electron chi connectivity index (χ3n) is 5.59. The minimum Gasteiger partial charge on any atom is -0.452 e. The normalized spacial score (nSPS) is 10.8. The van der Waals surface area contributed by atoms with E-state index >= 15 is 0 Å². The van der Waals surface area contributed by atoms with Gasteiger partial charge in [0.15, 0.2) is 12.3 Å². The van der Waals surface area contributed by atoms with Crippen LogP contribution in [0.15, 0.2) is 91.0 Å². The standard InChI is InChI=1S/C28H21ClN4O3/c1-18-26-21(28(35)36-17-25(34)30-23-15-9-8-14-22(23)29)16-24(19-10-4-2-5-11-19)31-27(26)33(32-18)20-12-6-3-7-13-20/h2-16H,17H2,1H3,(H,30,34). The van der Waals surface area contributed by atoms with Gasteiger partial charge >= 0.3 is 5.97 Å². The second kappa shape index (κ2) is 10.0. The van der Waals surface area contributed by atoms with E-state index < -0.39 is 18.5 Å². The van der Waals surface area contributed by atoms with Crippen molar-refractivity contribution in [2.24, 2.45) is 0 Å². The van der Waals surface area contributed by atoms with Crippen molar-refractivity contribution in [3.05, 3.63) is 107 Å². The predicted molar refractivity (Wildman–Crippen MR) is 139 cm³/mol. The fourth-order valence-corrected chi connectivity index (χ4v) is 4.10. The number of fused-ring (bicyclic) bond motifs is 1. The highest BCUT2D eigenvalue weighted by Gasteiger charge is 2.22. The van der Waals surface area contributed by atoms with Crippen molar-refractivity contribution in [1.29, 1.82) is 0 Å². The minimum atomic E-state index is -0.649. The summed E-state index contributed by atoms with van der Waals surface area (Å²) in [5.41, 5.74) is 4.10. The van der Waals surface area contributed by atoms with Crippen molar-refractivity contribution in [3.63, 3.8) is 0 Å². The van der Waals surface area contributed by atoms with Gasteiger partial charge in [-0.05, 0) is 37.3 Å². The van der Waals surface area contributed by atoms with Crippen LogP contribution in [0, 0.1) is 6.92 Å². The quantitative estimate of drug-likeness (QED) is 0.298. The van der Waals surface area contributed by atoms with E-state index in [2.05, 4.69) is 10.4 Å². The topological polar surface area (TPSA) is 86.1 Å². The van der Waals surface area contributed by atoms with Gasteiger partial charge in [-0.2, -0.15) is 5.10 Å². The summed E-state index contributed by atoms with van der Waals surface area (Å²) in [4.78, 5) is 30.5. The van der Waals surface area contributed by atoms with Gasteiger partial charge < -0.3 is 10.1 Å². The van der Waals surface area contributed by atoms with E-state index in [1.165, 1.54) is 0 Å². The molecule has 5 aromatic rings. The maximum absolute atomic E-state index is 13.3. The van der Waals surface area contributed by atoms with Gasteiger partial charge in [0.25, 0.3) is 5.91 Å². The van der Waals surface area contributed by atoms with Gasteiger partial charge in [-0.15, -0.1) is 0 Å². The van der Waals surface area contributed by atoms with E-state index in [-0.39, 0.29) is 5.56 Å². The zero-order chi connectivity index (χ0) is 25.1. The summed E-state index contributed by atoms with van der Waals surface area (Å²) in [6.07, 6.45) is 0. The molecule has 2 heterocycles. The molecule has 3 aromatic carbocycles. The van der Waals surface area contributed by atoms with Crippen LogP contribution in [0.4, 0.5) is 5.69 Å². The Hall–Kier alpha value is -4.49. The summed E-state index contributed by atoms with van der Waals surface area (Å²) in [6.45, 7) is 1.34. The summed E-state index contributed by atoms with van der Waals surface area (Å²) >= 11 is 6.10. The van der Waals surface area contributed by atoms with E-state index in [9.17, 15) is 9.59 Å². The number of pyridine rings is 1. The number of aryl methyl sites for hydroxylation is 1. The second-order valence-electron chi connectivity index (χ2n) is 8.06. The number of hydrogen-bond acceptors (Lipinski definition) is 5. The number of carbonyl (C=O) groups excluding carboxylic acids is 2. The van der Waals surface area contributed by atoms with Gasteiger partial charge in [-0.1, -0.05) is 72.3 Å². The first-order valence-corrected chi connectivity index (χ1v) is 11.6. The number of nitrogens with zero attached hydrogens (tertiary/aromatic N) is 3. The molecule has 0 bridgehead atoms. The number of carbonyl (C=O) groups is 2. The van der Waals surface area contributed by atoms with Crippen LogP contribution in [-0.2, 0) is 9.53 Å². The monoisotopic (exact) mass is 496 g/mol. The van der Waals surface area contributed by atoms with Crippen LogP contribution in [0.2, 0.25) is 5.02 Å². The smallest absolute Gasteiger partial charge is 0.339 e. The molecule has 2 aromatic heterocycles. The van der Waals surface area contributed by atoms with Crippen LogP contribution in [0.5, 0.6) is 0 Å². The number of amides is 1. The molecule has 0 saturated heterocycles. The van der Waals surface area contributed by atoms with Crippen molar-refractivity contribution in [2.45, 2.75) is 6.92 Å². The Labute approximate surface area is 212 Å². The highest BCUT2D eigenvalue weighted by atomic mass is 35.5. The van der Waals surface area contributed by atoms with Crippen molar-refractivity contribution < 1.29 is 14.3 Å². The number of esters is 1. The average molecular weight is 497 g/mol. The lowest BCUT2D eigenvalue weighted by atomic mass is 10.1. The van der Waals surface area contributed by atoms with E-state index in [1.807, 2.05) is 67.6 Å². The Morgan fingerprint density at radius 2 is 1.61 bits per heavy atom. The molecule has 0 fully saturated rings. The van der Waals surface area contributed by atoms with E-state index in [0.717, 1.165) is 11.3 Å². The first-order valence-electron chi connectivity index (χ1n) is 11.2. The lowest BCUT2D eigenvalue weighted by Crippen LogP contribution is -2.21. The summed E-state index contributed by atoms with van der Waals surface area (Å²) in [5.74, 6) is -1.15. The van der Waals surface area contributed by atoms with Crippen LogP contribution in [0.1, 0.15) is 16.1 Å². The summed E-state index contributed by atoms with van der Waals surface area (Å²) < 4.78 is 7.12. The summed E-state index contributed by atoms with van der Waals surface area (Å²) in [6, 6.07) is 27.6. The number of rotatable bonds is 6. The second-order valence-corrected chi connectivity index (χ2v) is 8.46. The zero-order valence-electron chi connectivity index (χ0n) is 19.3. The molecule has 0 aliphatic heterocycles. The van der Waals surface area contributed by atoms with E-state index in [4.69, 9.17) is 21.3 Å². The average Bonchev–Trinajstić information content (AvgIpc) is 3.25. The Balaban J connectivity index is 1.51. The third-order valence-corrected chi connectivity index (χ3v) is 5.91. The molecule has 1 amide bonds. The first kappa shape index (κ1) is 23.3. The fourth-order valence-electron chi connectivity index (χ4n) is 3.91. The molecule has 0 spiro atoms. The Morgan fingerprint density at radius 1 is 0.944 bits per heavy atom. The van der Waals surface area contributed by atoms with Crippen molar-refractivity contribution >= 4 is 40.2 Å². The van der Waals surface area contributed by atoms with Gasteiger partial charge in [-0.25, -0.2) is 14.5 Å². The van der Waals surface area contributed by atoms with Crippen LogP contribution in [0.3, 0.4) is 0 Å². The van der Waals surface area contributed by atoms with Gasteiger partial charge in [0.05, 0.1) is 38.7 Å². The molecule has 0 aliphatic rings. The largest absolute Gasteiger partial charge is 0.452 e. The summed E-state index contributed by atoms with van der Waals surface area (Å²) in [5, 5.41) is 8.26. The number of hydrogen-bond donors (Lipinski definition) is 1. The molecule has 1 N–H and O–H groups in total. The molecule has 0 radical (unpaired) electrons. The maximum Gasteiger partial charge on any atom is 0.339 e. The number of nitrogens with one attached hydrogen (secondary N) is 1. The number of aromatic nitrogens is 3. The van der Waals surface area contributed by atoms with Crippen molar-refractivity contribution in [1.82, 2.24) is 14.8 Å². The zero-order valence-corrected chi connectivity index (χ0v) is 20.1. The maximum atomic E-state index is 13.3. The summed E-state index contributed by atoms with van der Waals surface area (Å²) in [7, 11) is 0. The fraction of sp³-hybridized carbons (Fsp3) is 0.0714. The number of para-hydroxylation sites is 2. The molecule has 0 atom stereocenters. The number of anilines is 1. The highest BCUT2D eigenvalue weighted by Crippen LogP contribution is 2.29. The number of halogens is 1. The molecule has 36 heavy (non-hydrogen) atoms. The van der Waals surface area contributed by atoms with Crippen molar-refractivity contribution in [3.8, 4) is 16.9 Å². The van der Waals surface area contributed by atoms with Gasteiger partial charge in [0, 0.05) is 5.56 Å². The molecule has 0 saturated carbocycles. The molecular formula is C28H21ClN4O3. The molecule has 178 valence electrons. The van der Waals surface area contributed by atoms with Gasteiger partial charge in [0.1, 0.15) is 0 Å². The Bertz CT molecular complexity index is 1570. The molecule has 7 nitrogen and oxygen atoms in total. The molecule has 0 unspecified atom stereocenters. The number of ether oxygens (including phenoxy) is 1. The lowest BCUT2D eigenvalue weighted by Gasteiger charge is -2.10. The molecule has 0 aliphatic carbocycles. The van der Waals surface area contributed by atoms with Crippen LogP contribution in [0.25, 0.3) is 28.0 Å². The van der Waals surface area contributed by atoms with E-state index in [0.29, 0.717) is 33.1 Å². The molecule has 5 rings (SSSR count). The number of benzene rings is 3.